The maximum absolute atomic E-state index is 12.5. The molecule has 0 radical (unpaired) electrons. The summed E-state index contributed by atoms with van der Waals surface area (Å²) in [5, 5.41) is 9.72. The molecule has 0 bridgehead atoms. The van der Waals surface area contributed by atoms with Gasteiger partial charge in [-0.25, -0.2) is 0 Å². The molecule has 1 aliphatic heterocycles. The first-order valence-electron chi connectivity index (χ1n) is 7.51. The average molecular weight is 293 g/mol. The fourth-order valence-corrected chi connectivity index (χ4v) is 3.19. The first kappa shape index (κ1) is 15.8. The minimum atomic E-state index is -0.260. The van der Waals surface area contributed by atoms with Gasteiger partial charge in [0.1, 0.15) is 5.76 Å². The second kappa shape index (κ2) is 6.43. The Bertz CT molecular complexity index is 562. The van der Waals surface area contributed by atoms with Crippen molar-refractivity contribution >= 4 is 5.91 Å². The van der Waals surface area contributed by atoms with E-state index >= 15 is 0 Å². The van der Waals surface area contributed by atoms with Gasteiger partial charge in [-0.2, -0.15) is 0 Å². The molecule has 5 heteroatoms. The third kappa shape index (κ3) is 3.53. The molecule has 0 aliphatic carbocycles. The molecule has 0 unspecified atom stereocenters. The highest BCUT2D eigenvalue weighted by Crippen LogP contribution is 2.34. The highest BCUT2D eigenvalue weighted by atomic mass is 16.3. The molecular formula is C16H23NO4. The van der Waals surface area contributed by atoms with Crippen LogP contribution in [0.5, 0.6) is 0 Å². The molecule has 0 aromatic carbocycles. The molecule has 1 aliphatic rings. The first-order chi connectivity index (χ1) is 9.99. The zero-order chi connectivity index (χ0) is 15.5. The standard InChI is InChI=1S/C16H23NO4/c1-3-5-16(11-18)6-4-7-17(10-16)15(20)14-9-13(19)8-12(2)21-14/h8-9,18H,3-7,10-11H2,1-2H3/t16-/m0/s1. The van der Waals surface area contributed by atoms with Crippen LogP contribution in [0, 0.1) is 12.3 Å². The van der Waals surface area contributed by atoms with Crippen LogP contribution in [0.25, 0.3) is 0 Å². The van der Waals surface area contributed by atoms with Crippen LogP contribution in [0.3, 0.4) is 0 Å². The van der Waals surface area contributed by atoms with E-state index in [4.69, 9.17) is 4.42 Å². The number of likely N-dealkylation sites (tertiary alicyclic amines) is 1. The van der Waals surface area contributed by atoms with Crippen LogP contribution < -0.4 is 5.43 Å². The van der Waals surface area contributed by atoms with E-state index in [-0.39, 0.29) is 29.1 Å². The number of nitrogens with zero attached hydrogens (tertiary/aromatic N) is 1. The second-order valence-electron chi connectivity index (χ2n) is 6.01. The fourth-order valence-electron chi connectivity index (χ4n) is 3.19. The molecule has 1 aromatic rings. The molecule has 1 aromatic heterocycles. The fraction of sp³-hybridized carbons (Fsp3) is 0.625. The van der Waals surface area contributed by atoms with Gasteiger partial charge >= 0.3 is 0 Å². The van der Waals surface area contributed by atoms with Gasteiger partial charge in [0.2, 0.25) is 0 Å². The number of carbonyl (C=O) groups is 1. The van der Waals surface area contributed by atoms with Gasteiger partial charge < -0.3 is 14.4 Å². The minimum Gasteiger partial charge on any atom is -0.456 e. The van der Waals surface area contributed by atoms with E-state index in [1.54, 1.807) is 11.8 Å². The van der Waals surface area contributed by atoms with Crippen LogP contribution in [0.4, 0.5) is 0 Å². The summed E-state index contributed by atoms with van der Waals surface area (Å²) in [6.07, 6.45) is 3.66. The van der Waals surface area contributed by atoms with Crippen LogP contribution in [0.1, 0.15) is 48.9 Å². The van der Waals surface area contributed by atoms with Crippen molar-refractivity contribution in [3.63, 3.8) is 0 Å². The van der Waals surface area contributed by atoms with Gasteiger partial charge in [-0.3, -0.25) is 9.59 Å². The van der Waals surface area contributed by atoms with Crippen LogP contribution in [-0.4, -0.2) is 35.6 Å². The maximum atomic E-state index is 12.5. The van der Waals surface area contributed by atoms with E-state index in [1.165, 1.54) is 12.1 Å². The third-order valence-corrected chi connectivity index (χ3v) is 4.16. The largest absolute Gasteiger partial charge is 0.456 e. The summed E-state index contributed by atoms with van der Waals surface area (Å²) < 4.78 is 5.38. The Kier molecular flexibility index (Phi) is 4.83. The van der Waals surface area contributed by atoms with Crippen molar-refractivity contribution in [2.24, 2.45) is 5.41 Å². The van der Waals surface area contributed by atoms with Gasteiger partial charge in [0, 0.05) is 30.6 Å². The highest BCUT2D eigenvalue weighted by Gasteiger charge is 2.36. The Morgan fingerprint density at radius 2 is 2.24 bits per heavy atom. The summed E-state index contributed by atoms with van der Waals surface area (Å²) in [5.74, 6) is 0.263. The Labute approximate surface area is 124 Å². The second-order valence-corrected chi connectivity index (χ2v) is 6.01. The van der Waals surface area contributed by atoms with Crippen LogP contribution >= 0.6 is 0 Å². The lowest BCUT2D eigenvalue weighted by Crippen LogP contribution is -2.48. The van der Waals surface area contributed by atoms with Gasteiger partial charge in [-0.15, -0.1) is 0 Å². The Morgan fingerprint density at radius 3 is 2.86 bits per heavy atom. The number of rotatable bonds is 4. The van der Waals surface area contributed by atoms with Crippen LogP contribution in [0.2, 0.25) is 0 Å². The molecule has 1 amide bonds. The molecule has 0 spiro atoms. The topological polar surface area (TPSA) is 70.8 Å². The molecule has 5 nitrogen and oxygen atoms in total. The Hall–Kier alpha value is -1.62. The summed E-state index contributed by atoms with van der Waals surface area (Å²) in [6, 6.07) is 2.60. The van der Waals surface area contributed by atoms with E-state index in [0.717, 1.165) is 25.7 Å². The van der Waals surface area contributed by atoms with Crippen molar-refractivity contribution in [2.75, 3.05) is 19.7 Å². The lowest BCUT2D eigenvalue weighted by Gasteiger charge is -2.41. The van der Waals surface area contributed by atoms with Gasteiger partial charge in [0.25, 0.3) is 5.91 Å². The van der Waals surface area contributed by atoms with Crippen molar-refractivity contribution in [3.8, 4) is 0 Å². The number of aliphatic hydroxyl groups is 1. The van der Waals surface area contributed by atoms with Crippen molar-refractivity contribution in [2.45, 2.75) is 39.5 Å². The van der Waals surface area contributed by atoms with Crippen LogP contribution in [-0.2, 0) is 0 Å². The quantitative estimate of drug-likeness (QED) is 0.921. The predicted octanol–water partition coefficient (Wildman–Crippen LogP) is 1.96. The summed E-state index contributed by atoms with van der Waals surface area (Å²) in [5.41, 5.74) is -0.437. The molecule has 2 heterocycles. The summed E-state index contributed by atoms with van der Waals surface area (Å²) in [6.45, 7) is 4.99. The summed E-state index contributed by atoms with van der Waals surface area (Å²) in [7, 11) is 0. The summed E-state index contributed by atoms with van der Waals surface area (Å²) in [4.78, 5) is 25.7. The molecule has 116 valence electrons. The minimum absolute atomic E-state index is 0.0857. The number of hydrogen-bond acceptors (Lipinski definition) is 4. The zero-order valence-electron chi connectivity index (χ0n) is 12.7. The van der Waals surface area contributed by atoms with E-state index in [2.05, 4.69) is 6.92 Å². The molecule has 2 rings (SSSR count). The van der Waals surface area contributed by atoms with E-state index in [1.807, 2.05) is 0 Å². The van der Waals surface area contributed by atoms with Crippen molar-refractivity contribution in [3.05, 3.63) is 33.9 Å². The zero-order valence-corrected chi connectivity index (χ0v) is 12.7. The normalized spacial score (nSPS) is 22.3. The van der Waals surface area contributed by atoms with Crippen molar-refractivity contribution in [1.82, 2.24) is 4.90 Å². The Morgan fingerprint density at radius 1 is 1.48 bits per heavy atom. The molecule has 1 saturated heterocycles. The number of carbonyl (C=O) groups excluding carboxylic acids is 1. The Balaban J connectivity index is 2.20. The molecule has 1 atom stereocenters. The highest BCUT2D eigenvalue weighted by molar-refractivity contribution is 5.91. The van der Waals surface area contributed by atoms with Gasteiger partial charge in [0.15, 0.2) is 11.2 Å². The van der Waals surface area contributed by atoms with Gasteiger partial charge in [-0.05, 0) is 26.2 Å². The SMILES string of the molecule is CCC[C@]1(CO)CCCN(C(=O)c2cc(=O)cc(C)o2)C1. The number of aryl methyl sites for hydroxylation is 1. The van der Waals surface area contributed by atoms with Gasteiger partial charge in [0.05, 0.1) is 6.61 Å². The number of hydrogen-bond donors (Lipinski definition) is 1. The molecule has 1 fully saturated rings. The van der Waals surface area contributed by atoms with E-state index in [0.29, 0.717) is 18.8 Å². The smallest absolute Gasteiger partial charge is 0.289 e. The first-order valence-corrected chi connectivity index (χ1v) is 7.51. The molecular weight excluding hydrogens is 270 g/mol. The van der Waals surface area contributed by atoms with Crippen molar-refractivity contribution < 1.29 is 14.3 Å². The average Bonchev–Trinajstić information content (AvgIpc) is 2.46. The van der Waals surface area contributed by atoms with E-state index in [9.17, 15) is 14.7 Å². The lowest BCUT2D eigenvalue weighted by molar-refractivity contribution is 0.0203. The molecule has 1 N–H and O–H groups in total. The number of piperidine rings is 1. The number of aliphatic hydroxyl groups excluding tert-OH is 1. The predicted molar refractivity (Wildman–Crippen MR) is 79.3 cm³/mol. The molecule has 21 heavy (non-hydrogen) atoms. The maximum Gasteiger partial charge on any atom is 0.289 e. The van der Waals surface area contributed by atoms with Gasteiger partial charge in [-0.1, -0.05) is 13.3 Å². The molecule has 0 saturated carbocycles. The number of amides is 1. The summed E-state index contributed by atoms with van der Waals surface area (Å²) >= 11 is 0. The van der Waals surface area contributed by atoms with Crippen LogP contribution in [0.15, 0.2) is 21.3 Å². The van der Waals surface area contributed by atoms with Crippen molar-refractivity contribution in [1.29, 1.82) is 0 Å². The lowest BCUT2D eigenvalue weighted by atomic mass is 9.77. The monoisotopic (exact) mass is 293 g/mol. The third-order valence-electron chi connectivity index (χ3n) is 4.16. The van der Waals surface area contributed by atoms with E-state index < -0.39 is 0 Å².